The van der Waals surface area contributed by atoms with Crippen LogP contribution in [0.1, 0.15) is 11.1 Å². The Morgan fingerprint density at radius 1 is 0.848 bits per heavy atom. The first kappa shape index (κ1) is 21.7. The van der Waals surface area contributed by atoms with Gasteiger partial charge in [0.15, 0.2) is 0 Å². The molecule has 6 heteroatoms. The van der Waals surface area contributed by atoms with Crippen molar-refractivity contribution in [1.29, 1.82) is 5.26 Å². The van der Waals surface area contributed by atoms with Crippen LogP contribution in [0.4, 0.5) is 5.82 Å². The number of anilines is 1. The highest BCUT2D eigenvalue weighted by atomic mass is 16.5. The molecular formula is C27H23N3O3. The molecule has 6 nitrogen and oxygen atoms in total. The molecule has 0 aliphatic rings. The zero-order valence-electron chi connectivity index (χ0n) is 18.4. The Morgan fingerprint density at radius 3 is 2.39 bits per heavy atom. The number of aromatic nitrogens is 1. The number of hydrogen-bond acceptors (Lipinski definition) is 6. The summed E-state index contributed by atoms with van der Waals surface area (Å²) >= 11 is 0. The van der Waals surface area contributed by atoms with E-state index in [-0.39, 0.29) is 5.82 Å². The molecule has 0 aliphatic carbocycles. The molecule has 0 spiro atoms. The van der Waals surface area contributed by atoms with Gasteiger partial charge in [0.25, 0.3) is 0 Å². The van der Waals surface area contributed by atoms with Crippen LogP contribution < -0.4 is 19.9 Å². The molecular weight excluding hydrogens is 414 g/mol. The number of ether oxygens (including phenoxy) is 3. The number of nitriles is 1. The zero-order valence-corrected chi connectivity index (χ0v) is 18.4. The van der Waals surface area contributed by atoms with Crippen LogP contribution in [0.3, 0.4) is 0 Å². The predicted octanol–water partition coefficient (Wildman–Crippen LogP) is 5.47. The second kappa shape index (κ2) is 9.75. The van der Waals surface area contributed by atoms with E-state index in [1.165, 1.54) is 0 Å². The van der Waals surface area contributed by atoms with Gasteiger partial charge in [0, 0.05) is 11.1 Å². The summed E-state index contributed by atoms with van der Waals surface area (Å²) in [5.74, 6) is 2.12. The maximum atomic E-state index is 9.78. The monoisotopic (exact) mass is 437 g/mol. The Labute approximate surface area is 192 Å². The minimum Gasteiger partial charge on any atom is -0.497 e. The molecule has 0 saturated heterocycles. The number of nitrogens with zero attached hydrogens (tertiary/aromatic N) is 2. The predicted molar refractivity (Wildman–Crippen MR) is 128 cm³/mol. The molecule has 2 N–H and O–H groups in total. The van der Waals surface area contributed by atoms with E-state index in [9.17, 15) is 5.26 Å². The van der Waals surface area contributed by atoms with E-state index in [0.717, 1.165) is 11.1 Å². The minimum atomic E-state index is 0.144. The summed E-state index contributed by atoms with van der Waals surface area (Å²) in [7, 11) is 3.19. The van der Waals surface area contributed by atoms with Crippen molar-refractivity contribution in [3.05, 3.63) is 90.0 Å². The highest BCUT2D eigenvalue weighted by Crippen LogP contribution is 2.37. The Morgan fingerprint density at radius 2 is 1.67 bits per heavy atom. The summed E-state index contributed by atoms with van der Waals surface area (Å²) in [5.41, 5.74) is 10.3. The summed E-state index contributed by atoms with van der Waals surface area (Å²) in [4.78, 5) is 4.47. The Hall–Kier alpha value is -4.50. The van der Waals surface area contributed by atoms with Gasteiger partial charge in [-0.1, -0.05) is 42.5 Å². The first-order valence-corrected chi connectivity index (χ1v) is 10.3. The number of rotatable bonds is 7. The van der Waals surface area contributed by atoms with Crippen LogP contribution in [0.5, 0.6) is 17.2 Å². The maximum Gasteiger partial charge on any atom is 0.142 e. The van der Waals surface area contributed by atoms with E-state index in [0.29, 0.717) is 46.2 Å². The fraction of sp³-hybridized carbons (Fsp3) is 0.111. The lowest BCUT2D eigenvalue weighted by Gasteiger charge is -2.14. The average molecular weight is 437 g/mol. The maximum absolute atomic E-state index is 9.78. The second-order valence-corrected chi connectivity index (χ2v) is 7.30. The summed E-state index contributed by atoms with van der Waals surface area (Å²) in [6.45, 7) is 0.445. The van der Waals surface area contributed by atoms with Crippen LogP contribution in [-0.2, 0) is 6.61 Å². The van der Waals surface area contributed by atoms with Crippen molar-refractivity contribution >= 4 is 5.82 Å². The van der Waals surface area contributed by atoms with E-state index in [4.69, 9.17) is 19.9 Å². The highest BCUT2D eigenvalue weighted by Gasteiger charge is 2.17. The molecule has 4 aromatic rings. The van der Waals surface area contributed by atoms with Gasteiger partial charge in [-0.25, -0.2) is 4.98 Å². The normalized spacial score (nSPS) is 10.3. The van der Waals surface area contributed by atoms with Crippen LogP contribution in [0, 0.1) is 11.3 Å². The van der Waals surface area contributed by atoms with Gasteiger partial charge in [0.2, 0.25) is 0 Å². The quantitative estimate of drug-likeness (QED) is 0.413. The van der Waals surface area contributed by atoms with Gasteiger partial charge in [0.05, 0.1) is 19.9 Å². The number of nitrogens with two attached hydrogens (primary N) is 1. The molecule has 0 atom stereocenters. The first-order chi connectivity index (χ1) is 16.1. The van der Waals surface area contributed by atoms with Gasteiger partial charge >= 0.3 is 0 Å². The molecule has 4 rings (SSSR count). The van der Waals surface area contributed by atoms with Crippen LogP contribution in [0.15, 0.2) is 78.9 Å². The fourth-order valence-electron chi connectivity index (χ4n) is 3.56. The summed E-state index contributed by atoms with van der Waals surface area (Å²) in [5, 5.41) is 9.78. The van der Waals surface area contributed by atoms with Gasteiger partial charge in [-0.3, -0.25) is 0 Å². The molecule has 33 heavy (non-hydrogen) atoms. The molecule has 164 valence electrons. The van der Waals surface area contributed by atoms with E-state index in [1.807, 2.05) is 78.9 Å². The first-order valence-electron chi connectivity index (χ1n) is 10.3. The number of benzene rings is 3. The standard InChI is InChI=1S/C27H23N3O3/c1-31-20-11-12-26(32-2)23(14-20)25-15-22(24(16-28)27(29)30-25)19-9-6-10-21(13-19)33-17-18-7-4-3-5-8-18/h3-15H,17H2,1-2H3,(H2,29,30). The Bertz CT molecular complexity index is 1310. The molecule has 0 saturated carbocycles. The third-order valence-electron chi connectivity index (χ3n) is 5.24. The van der Waals surface area contributed by atoms with Crippen molar-refractivity contribution in [3.8, 4) is 45.7 Å². The van der Waals surface area contributed by atoms with Crippen LogP contribution in [0.25, 0.3) is 22.4 Å². The summed E-state index contributed by atoms with van der Waals surface area (Å²) in [6, 6.07) is 27.0. The molecule has 0 fully saturated rings. The van der Waals surface area contributed by atoms with Gasteiger partial charge in [-0.2, -0.15) is 5.26 Å². The number of hydrogen-bond donors (Lipinski definition) is 1. The Kier molecular flexibility index (Phi) is 6.42. The SMILES string of the molecule is COc1ccc(OC)c(-c2cc(-c3cccc(OCc4ccccc4)c3)c(C#N)c(N)n2)c1. The highest BCUT2D eigenvalue weighted by molar-refractivity contribution is 5.82. The third kappa shape index (κ3) is 4.73. The van der Waals surface area contributed by atoms with Crippen LogP contribution >= 0.6 is 0 Å². The molecule has 1 aromatic heterocycles. The van der Waals surface area contributed by atoms with Crippen LogP contribution in [0.2, 0.25) is 0 Å². The number of methoxy groups -OCH3 is 2. The van der Waals surface area contributed by atoms with Crippen molar-refractivity contribution in [1.82, 2.24) is 4.98 Å². The van der Waals surface area contributed by atoms with E-state index in [1.54, 1.807) is 14.2 Å². The average Bonchev–Trinajstić information content (AvgIpc) is 2.87. The lowest BCUT2D eigenvalue weighted by atomic mass is 9.98. The van der Waals surface area contributed by atoms with Gasteiger partial charge in [-0.05, 0) is 47.5 Å². The molecule has 0 bridgehead atoms. The smallest absolute Gasteiger partial charge is 0.142 e. The minimum absolute atomic E-state index is 0.144. The molecule has 0 radical (unpaired) electrons. The number of pyridine rings is 1. The van der Waals surface area contributed by atoms with Crippen molar-refractivity contribution in [3.63, 3.8) is 0 Å². The molecule has 1 heterocycles. The third-order valence-corrected chi connectivity index (χ3v) is 5.24. The van der Waals surface area contributed by atoms with Crippen molar-refractivity contribution in [2.75, 3.05) is 20.0 Å². The van der Waals surface area contributed by atoms with Crippen molar-refractivity contribution in [2.45, 2.75) is 6.61 Å². The Balaban J connectivity index is 1.76. The topological polar surface area (TPSA) is 90.4 Å². The van der Waals surface area contributed by atoms with Crippen LogP contribution in [-0.4, -0.2) is 19.2 Å². The summed E-state index contributed by atoms with van der Waals surface area (Å²) in [6.07, 6.45) is 0. The van der Waals surface area contributed by atoms with Gasteiger partial charge < -0.3 is 19.9 Å². The fourth-order valence-corrected chi connectivity index (χ4v) is 3.56. The van der Waals surface area contributed by atoms with E-state index in [2.05, 4.69) is 11.1 Å². The lowest BCUT2D eigenvalue weighted by Crippen LogP contribution is -2.01. The molecule has 3 aromatic carbocycles. The molecule has 0 unspecified atom stereocenters. The van der Waals surface area contributed by atoms with Gasteiger partial charge in [0.1, 0.15) is 41.3 Å². The second-order valence-electron chi connectivity index (χ2n) is 7.30. The molecule has 0 amide bonds. The largest absolute Gasteiger partial charge is 0.497 e. The van der Waals surface area contributed by atoms with E-state index >= 15 is 0 Å². The van der Waals surface area contributed by atoms with Crippen molar-refractivity contribution in [2.24, 2.45) is 0 Å². The number of nitrogen functional groups attached to an aromatic ring is 1. The molecule has 0 aliphatic heterocycles. The lowest BCUT2D eigenvalue weighted by molar-refractivity contribution is 0.306. The van der Waals surface area contributed by atoms with E-state index < -0.39 is 0 Å². The summed E-state index contributed by atoms with van der Waals surface area (Å²) < 4.78 is 16.8. The van der Waals surface area contributed by atoms with Crippen molar-refractivity contribution < 1.29 is 14.2 Å². The zero-order chi connectivity index (χ0) is 23.2. The van der Waals surface area contributed by atoms with Gasteiger partial charge in [-0.15, -0.1) is 0 Å².